The second kappa shape index (κ2) is 7.30. The third-order valence-electron chi connectivity index (χ3n) is 4.31. The van der Waals surface area contributed by atoms with Gasteiger partial charge >= 0.3 is 5.97 Å². The molecule has 2 amide bonds. The van der Waals surface area contributed by atoms with Gasteiger partial charge in [-0.1, -0.05) is 18.2 Å². The Morgan fingerprint density at radius 2 is 1.85 bits per heavy atom. The van der Waals surface area contributed by atoms with Gasteiger partial charge in [0.2, 0.25) is 5.91 Å². The molecule has 8 nitrogen and oxygen atoms in total. The highest BCUT2D eigenvalue weighted by Crippen LogP contribution is 2.24. The van der Waals surface area contributed by atoms with Crippen LogP contribution in [0, 0.1) is 0 Å². The molecule has 1 aromatic carbocycles. The van der Waals surface area contributed by atoms with Crippen molar-refractivity contribution in [1.29, 1.82) is 0 Å². The van der Waals surface area contributed by atoms with Gasteiger partial charge in [-0.3, -0.25) is 9.59 Å². The van der Waals surface area contributed by atoms with E-state index < -0.39 is 17.9 Å². The Labute approximate surface area is 150 Å². The highest BCUT2D eigenvalue weighted by atomic mass is 16.4. The van der Waals surface area contributed by atoms with Crippen molar-refractivity contribution >= 4 is 23.5 Å². The number of carbonyl (C=O) groups excluding carboxylic acids is 2. The van der Waals surface area contributed by atoms with Gasteiger partial charge in [0, 0.05) is 18.8 Å². The Balaban J connectivity index is 1.79. The summed E-state index contributed by atoms with van der Waals surface area (Å²) in [6, 6.07) is 8.73. The molecule has 0 bridgehead atoms. The summed E-state index contributed by atoms with van der Waals surface area (Å²) >= 11 is 0. The maximum atomic E-state index is 12.8. The molecule has 2 aromatic rings. The number of likely N-dealkylation sites (N-methyl/N-ethyl adjacent to an activating group) is 1. The van der Waals surface area contributed by atoms with Crippen molar-refractivity contribution in [2.24, 2.45) is 0 Å². The van der Waals surface area contributed by atoms with Crippen molar-refractivity contribution < 1.29 is 19.5 Å². The minimum atomic E-state index is -1.21. The van der Waals surface area contributed by atoms with Gasteiger partial charge in [-0.2, -0.15) is 0 Å². The van der Waals surface area contributed by atoms with Gasteiger partial charge in [-0.25, -0.2) is 14.8 Å². The van der Waals surface area contributed by atoms with Gasteiger partial charge in [0.05, 0.1) is 12.4 Å². The quantitative estimate of drug-likeness (QED) is 0.871. The average molecular weight is 354 g/mol. The molecule has 0 spiro atoms. The summed E-state index contributed by atoms with van der Waals surface area (Å²) < 4.78 is 0. The van der Waals surface area contributed by atoms with Gasteiger partial charge in [0.1, 0.15) is 11.7 Å². The van der Waals surface area contributed by atoms with Crippen molar-refractivity contribution in [2.75, 3.05) is 18.0 Å². The van der Waals surface area contributed by atoms with E-state index in [4.69, 9.17) is 5.11 Å². The van der Waals surface area contributed by atoms with Crippen LogP contribution in [0.1, 0.15) is 34.3 Å². The molecule has 1 aliphatic rings. The van der Waals surface area contributed by atoms with E-state index in [2.05, 4.69) is 9.97 Å². The first kappa shape index (κ1) is 17.5. The van der Waals surface area contributed by atoms with Crippen molar-refractivity contribution in [3.63, 3.8) is 0 Å². The summed E-state index contributed by atoms with van der Waals surface area (Å²) in [5, 5.41) is 8.87. The van der Waals surface area contributed by atoms with Crippen LogP contribution in [-0.2, 0) is 4.79 Å². The molecule has 1 unspecified atom stereocenters. The summed E-state index contributed by atoms with van der Waals surface area (Å²) in [6.07, 6.45) is 2.69. The first-order chi connectivity index (χ1) is 12.5. The molecule has 0 radical (unpaired) electrons. The van der Waals surface area contributed by atoms with Gasteiger partial charge in [0.25, 0.3) is 5.91 Å². The van der Waals surface area contributed by atoms with Crippen molar-refractivity contribution in [1.82, 2.24) is 14.9 Å². The first-order valence-corrected chi connectivity index (χ1v) is 8.25. The predicted octanol–water partition coefficient (Wildman–Crippen LogP) is 1.44. The number of anilines is 1. The normalized spacial score (nSPS) is 16.6. The second-order valence-electron chi connectivity index (χ2n) is 5.81. The average Bonchev–Trinajstić information content (AvgIpc) is 3.04. The monoisotopic (exact) mass is 354 g/mol. The van der Waals surface area contributed by atoms with Crippen molar-refractivity contribution in [3.8, 4) is 0 Å². The Morgan fingerprint density at radius 1 is 1.19 bits per heavy atom. The number of aromatic carboxylic acids is 1. The van der Waals surface area contributed by atoms with Crippen LogP contribution < -0.4 is 4.90 Å². The van der Waals surface area contributed by atoms with Gasteiger partial charge in [-0.15, -0.1) is 0 Å². The minimum absolute atomic E-state index is 0.0165. The second-order valence-corrected chi connectivity index (χ2v) is 5.81. The number of aromatic nitrogens is 2. The van der Waals surface area contributed by atoms with Gasteiger partial charge in [0.15, 0.2) is 5.69 Å². The fourth-order valence-electron chi connectivity index (χ4n) is 3.02. The largest absolute Gasteiger partial charge is 0.476 e. The number of carboxylic acids is 1. The maximum absolute atomic E-state index is 12.8. The molecule has 1 atom stereocenters. The zero-order valence-corrected chi connectivity index (χ0v) is 14.2. The van der Waals surface area contributed by atoms with Gasteiger partial charge in [-0.05, 0) is 25.5 Å². The fraction of sp³-hybridized carbons (Fsp3) is 0.278. The molecule has 2 heterocycles. The lowest BCUT2D eigenvalue weighted by Crippen LogP contribution is -2.45. The van der Waals surface area contributed by atoms with Gasteiger partial charge < -0.3 is 14.9 Å². The van der Waals surface area contributed by atoms with E-state index in [0.29, 0.717) is 19.5 Å². The van der Waals surface area contributed by atoms with Crippen LogP contribution in [0.15, 0.2) is 42.7 Å². The summed E-state index contributed by atoms with van der Waals surface area (Å²) in [6.45, 7) is 2.65. The molecule has 3 rings (SSSR count). The molecule has 134 valence electrons. The molecule has 0 saturated carbocycles. The smallest absolute Gasteiger partial charge is 0.356 e. The molecule has 1 aliphatic heterocycles. The van der Waals surface area contributed by atoms with Crippen LogP contribution >= 0.6 is 0 Å². The number of carbonyl (C=O) groups is 3. The number of benzene rings is 1. The van der Waals surface area contributed by atoms with E-state index in [1.165, 1.54) is 4.90 Å². The predicted molar refractivity (Wildman–Crippen MR) is 92.9 cm³/mol. The highest BCUT2D eigenvalue weighted by Gasteiger charge is 2.38. The topological polar surface area (TPSA) is 104 Å². The Kier molecular flexibility index (Phi) is 4.92. The molecular weight excluding hydrogens is 336 g/mol. The van der Waals surface area contributed by atoms with E-state index in [-0.39, 0.29) is 17.3 Å². The molecule has 8 heteroatoms. The van der Waals surface area contributed by atoms with Crippen LogP contribution in [0.3, 0.4) is 0 Å². The summed E-state index contributed by atoms with van der Waals surface area (Å²) in [4.78, 5) is 47.1. The molecule has 1 aromatic heterocycles. The van der Waals surface area contributed by atoms with Crippen molar-refractivity contribution in [2.45, 2.75) is 19.4 Å². The minimum Gasteiger partial charge on any atom is -0.476 e. The molecular formula is C18H18N4O4. The molecule has 1 N–H and O–H groups in total. The third kappa shape index (κ3) is 3.26. The zero-order chi connectivity index (χ0) is 18.7. The number of rotatable bonds is 5. The number of amides is 2. The lowest BCUT2D eigenvalue weighted by Gasteiger charge is -2.26. The fourth-order valence-corrected chi connectivity index (χ4v) is 3.02. The summed E-state index contributed by atoms with van der Waals surface area (Å²) in [5.74, 6) is -1.79. The van der Waals surface area contributed by atoms with E-state index in [1.54, 1.807) is 11.8 Å². The highest BCUT2D eigenvalue weighted by molar-refractivity contribution is 6.03. The van der Waals surface area contributed by atoms with Crippen molar-refractivity contribution in [3.05, 3.63) is 54.1 Å². The SMILES string of the molecule is CCN(C(=O)c1cnc(C(=O)O)cn1)C1CCN(c2ccccc2)C1=O. The van der Waals surface area contributed by atoms with Crippen LogP contribution in [-0.4, -0.2) is 56.9 Å². The maximum Gasteiger partial charge on any atom is 0.356 e. The van der Waals surface area contributed by atoms with Crippen LogP contribution in [0.2, 0.25) is 0 Å². The number of para-hydroxylation sites is 1. The lowest BCUT2D eigenvalue weighted by molar-refractivity contribution is -0.120. The summed E-state index contributed by atoms with van der Waals surface area (Å²) in [5.41, 5.74) is 0.578. The van der Waals surface area contributed by atoms with E-state index in [0.717, 1.165) is 18.1 Å². The standard InChI is InChI=1S/C18H18N4O4/c1-2-21(16(23)13-10-20-14(11-19-13)18(25)26)15-8-9-22(17(15)24)12-6-4-3-5-7-12/h3-7,10-11,15H,2,8-9H2,1H3,(H,25,26). The number of nitrogens with zero attached hydrogens (tertiary/aromatic N) is 4. The van der Waals surface area contributed by atoms with E-state index in [1.807, 2.05) is 30.3 Å². The van der Waals surface area contributed by atoms with Crippen LogP contribution in [0.4, 0.5) is 5.69 Å². The Bertz CT molecular complexity index is 823. The Hall–Kier alpha value is -3.29. The molecule has 26 heavy (non-hydrogen) atoms. The molecule has 0 aliphatic carbocycles. The van der Waals surface area contributed by atoms with E-state index in [9.17, 15) is 14.4 Å². The zero-order valence-electron chi connectivity index (χ0n) is 14.2. The molecule has 1 saturated heterocycles. The number of hydrogen-bond acceptors (Lipinski definition) is 5. The number of hydrogen-bond donors (Lipinski definition) is 1. The lowest BCUT2D eigenvalue weighted by atomic mass is 10.2. The molecule has 1 fully saturated rings. The van der Waals surface area contributed by atoms with E-state index >= 15 is 0 Å². The van der Waals surface area contributed by atoms with Crippen LogP contribution in [0.5, 0.6) is 0 Å². The third-order valence-corrected chi connectivity index (χ3v) is 4.31. The summed E-state index contributed by atoms with van der Waals surface area (Å²) in [7, 11) is 0. The first-order valence-electron chi connectivity index (χ1n) is 8.25. The Morgan fingerprint density at radius 3 is 2.42 bits per heavy atom. The van der Waals surface area contributed by atoms with Crippen LogP contribution in [0.25, 0.3) is 0 Å². The number of carboxylic acid groups (broad SMARTS) is 1.